The van der Waals surface area contributed by atoms with E-state index in [1.165, 1.54) is 12.1 Å². The number of hydrogen-bond donors (Lipinski definition) is 2. The quantitative estimate of drug-likeness (QED) is 0.891. The van der Waals surface area contributed by atoms with Crippen molar-refractivity contribution < 1.29 is 4.39 Å². The molecule has 0 fully saturated rings. The standard InChI is InChI=1S/C14H16FN3O/c1-3-4-10-12(16)17-13(18-14(10)19)11-7-9(15)6-5-8(11)2/h5-7H,3-4H2,1-2H3,(H3,16,17,18,19). The predicted molar refractivity (Wildman–Crippen MR) is 73.4 cm³/mol. The van der Waals surface area contributed by atoms with Crippen LogP contribution >= 0.6 is 0 Å². The summed E-state index contributed by atoms with van der Waals surface area (Å²) in [6.07, 6.45) is 1.39. The van der Waals surface area contributed by atoms with Crippen molar-refractivity contribution in [1.82, 2.24) is 9.97 Å². The molecular formula is C14H16FN3O. The van der Waals surface area contributed by atoms with Gasteiger partial charge in [-0.05, 0) is 31.0 Å². The summed E-state index contributed by atoms with van der Waals surface area (Å²) in [5.41, 5.74) is 7.41. The third kappa shape index (κ3) is 2.65. The van der Waals surface area contributed by atoms with Crippen molar-refractivity contribution in [3.05, 3.63) is 45.5 Å². The van der Waals surface area contributed by atoms with Crippen LogP contribution in [0.1, 0.15) is 24.5 Å². The molecule has 0 saturated carbocycles. The van der Waals surface area contributed by atoms with Crippen LogP contribution in [0.4, 0.5) is 10.2 Å². The summed E-state index contributed by atoms with van der Waals surface area (Å²) in [4.78, 5) is 18.8. The smallest absolute Gasteiger partial charge is 0.256 e. The zero-order valence-electron chi connectivity index (χ0n) is 11.0. The number of nitrogens with zero attached hydrogens (tertiary/aromatic N) is 1. The van der Waals surface area contributed by atoms with Gasteiger partial charge in [0.15, 0.2) is 0 Å². The highest BCUT2D eigenvalue weighted by Gasteiger charge is 2.11. The van der Waals surface area contributed by atoms with Crippen LogP contribution in [0.5, 0.6) is 0 Å². The Hall–Kier alpha value is -2.17. The molecule has 19 heavy (non-hydrogen) atoms. The van der Waals surface area contributed by atoms with Gasteiger partial charge in [0.25, 0.3) is 5.56 Å². The molecule has 5 heteroatoms. The number of aryl methyl sites for hydroxylation is 1. The van der Waals surface area contributed by atoms with Gasteiger partial charge >= 0.3 is 0 Å². The maximum absolute atomic E-state index is 13.3. The second kappa shape index (κ2) is 5.22. The Morgan fingerprint density at radius 1 is 1.42 bits per heavy atom. The van der Waals surface area contributed by atoms with Gasteiger partial charge in [0.05, 0.1) is 5.56 Å². The molecule has 0 bridgehead atoms. The summed E-state index contributed by atoms with van der Waals surface area (Å²) in [6, 6.07) is 4.35. The maximum Gasteiger partial charge on any atom is 0.256 e. The van der Waals surface area contributed by atoms with E-state index < -0.39 is 0 Å². The lowest BCUT2D eigenvalue weighted by Gasteiger charge is -2.08. The van der Waals surface area contributed by atoms with Gasteiger partial charge in [0.1, 0.15) is 17.5 Å². The van der Waals surface area contributed by atoms with Crippen molar-refractivity contribution in [2.45, 2.75) is 26.7 Å². The Bertz CT molecular complexity index is 664. The van der Waals surface area contributed by atoms with E-state index in [0.717, 1.165) is 12.0 Å². The van der Waals surface area contributed by atoms with Crippen LogP contribution in [0, 0.1) is 12.7 Å². The summed E-state index contributed by atoms with van der Waals surface area (Å²) in [7, 11) is 0. The fraction of sp³-hybridized carbons (Fsp3) is 0.286. The average molecular weight is 261 g/mol. The highest BCUT2D eigenvalue weighted by Crippen LogP contribution is 2.21. The van der Waals surface area contributed by atoms with Crippen LogP contribution in [0.25, 0.3) is 11.4 Å². The van der Waals surface area contributed by atoms with Crippen molar-refractivity contribution in [2.24, 2.45) is 0 Å². The van der Waals surface area contributed by atoms with E-state index in [1.807, 2.05) is 13.8 Å². The van der Waals surface area contributed by atoms with Gasteiger partial charge < -0.3 is 10.7 Å². The van der Waals surface area contributed by atoms with Crippen molar-refractivity contribution in [3.63, 3.8) is 0 Å². The normalized spacial score (nSPS) is 10.7. The van der Waals surface area contributed by atoms with Gasteiger partial charge in [-0.2, -0.15) is 0 Å². The Morgan fingerprint density at radius 3 is 2.79 bits per heavy atom. The van der Waals surface area contributed by atoms with Gasteiger partial charge in [-0.3, -0.25) is 4.79 Å². The molecule has 0 aliphatic rings. The minimum absolute atomic E-state index is 0.212. The number of anilines is 1. The monoisotopic (exact) mass is 261 g/mol. The minimum Gasteiger partial charge on any atom is -0.383 e. The van der Waals surface area contributed by atoms with E-state index in [9.17, 15) is 9.18 Å². The molecule has 3 N–H and O–H groups in total. The first kappa shape index (κ1) is 13.3. The molecule has 0 radical (unpaired) electrons. The molecule has 2 rings (SSSR count). The molecule has 1 aromatic heterocycles. The molecule has 0 atom stereocenters. The van der Waals surface area contributed by atoms with E-state index in [4.69, 9.17) is 5.73 Å². The zero-order chi connectivity index (χ0) is 14.0. The average Bonchev–Trinajstić information content (AvgIpc) is 2.36. The number of hydrogen-bond acceptors (Lipinski definition) is 3. The van der Waals surface area contributed by atoms with E-state index in [0.29, 0.717) is 23.4 Å². The Morgan fingerprint density at radius 2 is 2.16 bits per heavy atom. The highest BCUT2D eigenvalue weighted by molar-refractivity contribution is 5.61. The maximum atomic E-state index is 13.3. The highest BCUT2D eigenvalue weighted by atomic mass is 19.1. The van der Waals surface area contributed by atoms with Crippen molar-refractivity contribution in [2.75, 3.05) is 5.73 Å². The third-order valence-corrected chi connectivity index (χ3v) is 3.00. The van der Waals surface area contributed by atoms with Crippen molar-refractivity contribution in [1.29, 1.82) is 0 Å². The molecule has 0 aliphatic carbocycles. The van der Waals surface area contributed by atoms with Crippen molar-refractivity contribution >= 4 is 5.82 Å². The van der Waals surface area contributed by atoms with Gasteiger partial charge in [-0.1, -0.05) is 19.4 Å². The second-order valence-electron chi connectivity index (χ2n) is 4.49. The van der Waals surface area contributed by atoms with Crippen LogP contribution in [0.2, 0.25) is 0 Å². The zero-order valence-corrected chi connectivity index (χ0v) is 11.0. The lowest BCUT2D eigenvalue weighted by molar-refractivity contribution is 0.627. The molecule has 2 aromatic rings. The Balaban J connectivity index is 2.58. The van der Waals surface area contributed by atoms with E-state index >= 15 is 0 Å². The largest absolute Gasteiger partial charge is 0.383 e. The molecule has 0 spiro atoms. The second-order valence-corrected chi connectivity index (χ2v) is 4.49. The summed E-state index contributed by atoms with van der Waals surface area (Å²) < 4.78 is 13.3. The number of nitrogen functional groups attached to an aromatic ring is 1. The first-order valence-electron chi connectivity index (χ1n) is 6.18. The summed E-state index contributed by atoms with van der Waals surface area (Å²) >= 11 is 0. The number of H-pyrrole nitrogens is 1. The van der Waals surface area contributed by atoms with E-state index in [2.05, 4.69) is 9.97 Å². The molecule has 100 valence electrons. The topological polar surface area (TPSA) is 71.8 Å². The number of benzene rings is 1. The van der Waals surface area contributed by atoms with Gasteiger partial charge in [-0.25, -0.2) is 9.37 Å². The first-order chi connectivity index (χ1) is 9.02. The molecular weight excluding hydrogens is 245 g/mol. The lowest BCUT2D eigenvalue weighted by atomic mass is 10.1. The Kier molecular flexibility index (Phi) is 3.64. The van der Waals surface area contributed by atoms with Crippen LogP contribution in [-0.4, -0.2) is 9.97 Å². The van der Waals surface area contributed by atoms with Gasteiger partial charge in [-0.15, -0.1) is 0 Å². The molecule has 0 aliphatic heterocycles. The molecule has 1 heterocycles. The van der Waals surface area contributed by atoms with Gasteiger partial charge in [0, 0.05) is 5.56 Å². The Labute approximate surface area is 110 Å². The molecule has 4 nitrogen and oxygen atoms in total. The van der Waals surface area contributed by atoms with Crippen LogP contribution in [0.3, 0.4) is 0 Å². The summed E-state index contributed by atoms with van der Waals surface area (Å²) in [6.45, 7) is 3.79. The molecule has 1 aromatic carbocycles. The molecule has 0 saturated heterocycles. The number of rotatable bonds is 3. The SMILES string of the molecule is CCCc1c(N)nc(-c2cc(F)ccc2C)[nH]c1=O. The first-order valence-corrected chi connectivity index (χ1v) is 6.18. The van der Waals surface area contributed by atoms with Crippen LogP contribution < -0.4 is 11.3 Å². The van der Waals surface area contributed by atoms with E-state index in [-0.39, 0.29) is 17.2 Å². The number of aromatic nitrogens is 2. The van der Waals surface area contributed by atoms with Crippen molar-refractivity contribution in [3.8, 4) is 11.4 Å². The lowest BCUT2D eigenvalue weighted by Crippen LogP contribution is -2.18. The van der Waals surface area contributed by atoms with Gasteiger partial charge in [0.2, 0.25) is 0 Å². The predicted octanol–water partition coefficient (Wildman–Crippen LogP) is 2.42. The van der Waals surface area contributed by atoms with E-state index in [1.54, 1.807) is 6.07 Å². The minimum atomic E-state index is -0.376. The third-order valence-electron chi connectivity index (χ3n) is 3.00. The number of nitrogens with two attached hydrogens (primary N) is 1. The fourth-order valence-corrected chi connectivity index (χ4v) is 1.98. The molecule has 0 amide bonds. The van der Waals surface area contributed by atoms with Crippen LogP contribution in [0.15, 0.2) is 23.0 Å². The fourth-order valence-electron chi connectivity index (χ4n) is 1.98. The summed E-state index contributed by atoms with van der Waals surface area (Å²) in [5, 5.41) is 0. The number of halogens is 1. The molecule has 0 unspecified atom stereocenters. The summed E-state index contributed by atoms with van der Waals surface area (Å²) in [5.74, 6) is 0.142. The number of aromatic amines is 1. The number of nitrogens with one attached hydrogen (secondary N) is 1. The van der Waals surface area contributed by atoms with Crippen LogP contribution in [-0.2, 0) is 6.42 Å².